The molecular formula is C19H15Cl2NO3. The van der Waals surface area contributed by atoms with Gasteiger partial charge in [-0.05, 0) is 55.3 Å². The largest absolute Gasteiger partial charge is 0.494 e. The van der Waals surface area contributed by atoms with E-state index < -0.39 is 11.8 Å². The number of hydrogen-bond acceptors (Lipinski definition) is 3. The van der Waals surface area contributed by atoms with Crippen molar-refractivity contribution in [2.24, 2.45) is 0 Å². The molecule has 2 amide bonds. The fraction of sp³-hybridized carbons (Fsp3) is 0.158. The second kappa shape index (κ2) is 6.90. The Morgan fingerprint density at radius 3 is 2.28 bits per heavy atom. The van der Waals surface area contributed by atoms with Crippen LogP contribution in [-0.4, -0.2) is 18.4 Å². The van der Waals surface area contributed by atoms with Crippen LogP contribution >= 0.6 is 23.2 Å². The van der Waals surface area contributed by atoms with E-state index >= 15 is 0 Å². The molecule has 3 rings (SSSR count). The second-order valence-electron chi connectivity index (χ2n) is 5.52. The molecule has 0 unspecified atom stereocenters. The van der Waals surface area contributed by atoms with Crippen molar-refractivity contribution in [3.8, 4) is 5.75 Å². The minimum absolute atomic E-state index is 0.0940. The minimum Gasteiger partial charge on any atom is -0.494 e. The third-order valence-corrected chi connectivity index (χ3v) is 4.47. The van der Waals surface area contributed by atoms with E-state index in [0.29, 0.717) is 34.2 Å². The van der Waals surface area contributed by atoms with E-state index in [1.165, 1.54) is 0 Å². The third kappa shape index (κ3) is 3.15. The van der Waals surface area contributed by atoms with Gasteiger partial charge >= 0.3 is 0 Å². The number of nitrogens with zero attached hydrogens (tertiary/aromatic N) is 1. The maximum Gasteiger partial charge on any atom is 0.277 e. The van der Waals surface area contributed by atoms with Crippen molar-refractivity contribution in [1.82, 2.24) is 0 Å². The molecule has 0 radical (unpaired) electrons. The fourth-order valence-electron chi connectivity index (χ4n) is 2.73. The van der Waals surface area contributed by atoms with Gasteiger partial charge in [-0.15, -0.1) is 0 Å². The standard InChI is InChI=1S/C19H15Cl2NO3/c1-3-25-14-7-4-12(5-8-14)16-17(21)19(24)22(18(16)23)15-9-6-13(20)10-11(15)2/h4-10H,3H2,1-2H3. The molecule has 0 aliphatic carbocycles. The van der Waals surface area contributed by atoms with Crippen LogP contribution in [0.1, 0.15) is 18.1 Å². The summed E-state index contributed by atoms with van der Waals surface area (Å²) in [7, 11) is 0. The molecule has 0 saturated heterocycles. The molecule has 0 fully saturated rings. The van der Waals surface area contributed by atoms with E-state index in [9.17, 15) is 9.59 Å². The topological polar surface area (TPSA) is 46.6 Å². The summed E-state index contributed by atoms with van der Waals surface area (Å²) in [4.78, 5) is 26.5. The van der Waals surface area contributed by atoms with Gasteiger partial charge in [-0.3, -0.25) is 9.59 Å². The molecule has 0 N–H and O–H groups in total. The number of imide groups is 1. The first kappa shape index (κ1) is 17.5. The number of hydrogen-bond donors (Lipinski definition) is 0. The van der Waals surface area contributed by atoms with Gasteiger partial charge in [0.05, 0.1) is 17.9 Å². The van der Waals surface area contributed by atoms with Crippen LogP contribution in [0.5, 0.6) is 5.75 Å². The SMILES string of the molecule is CCOc1ccc(C2=C(Cl)C(=O)N(c3ccc(Cl)cc3C)C2=O)cc1. The molecule has 4 nitrogen and oxygen atoms in total. The van der Waals surface area contributed by atoms with E-state index in [1.54, 1.807) is 49.4 Å². The summed E-state index contributed by atoms with van der Waals surface area (Å²) in [6, 6.07) is 11.9. The number of anilines is 1. The van der Waals surface area contributed by atoms with Crippen LogP contribution in [0.15, 0.2) is 47.5 Å². The Morgan fingerprint density at radius 2 is 1.68 bits per heavy atom. The van der Waals surface area contributed by atoms with Crippen molar-refractivity contribution in [2.45, 2.75) is 13.8 Å². The first-order valence-electron chi connectivity index (χ1n) is 7.72. The van der Waals surface area contributed by atoms with Crippen molar-refractivity contribution in [3.05, 3.63) is 63.6 Å². The number of carbonyl (C=O) groups excluding carboxylic acids is 2. The van der Waals surface area contributed by atoms with Crippen molar-refractivity contribution in [3.63, 3.8) is 0 Å². The molecule has 0 spiro atoms. The molecule has 128 valence electrons. The van der Waals surface area contributed by atoms with E-state index in [-0.39, 0.29) is 10.6 Å². The third-order valence-electron chi connectivity index (χ3n) is 3.88. The van der Waals surface area contributed by atoms with Crippen molar-refractivity contribution in [1.29, 1.82) is 0 Å². The van der Waals surface area contributed by atoms with Gasteiger partial charge in [-0.2, -0.15) is 0 Å². The summed E-state index contributed by atoms with van der Waals surface area (Å²) in [5.74, 6) is -0.310. The predicted octanol–water partition coefficient (Wildman–Crippen LogP) is 4.57. The van der Waals surface area contributed by atoms with Crippen molar-refractivity contribution < 1.29 is 14.3 Å². The molecular weight excluding hydrogens is 361 g/mol. The second-order valence-corrected chi connectivity index (χ2v) is 6.34. The highest BCUT2D eigenvalue weighted by Crippen LogP contribution is 2.37. The Balaban J connectivity index is 1.99. The number of ether oxygens (including phenoxy) is 1. The van der Waals surface area contributed by atoms with E-state index in [0.717, 1.165) is 4.90 Å². The first-order valence-corrected chi connectivity index (χ1v) is 8.47. The lowest BCUT2D eigenvalue weighted by Gasteiger charge is -2.17. The number of halogens is 2. The minimum atomic E-state index is -0.541. The van der Waals surface area contributed by atoms with E-state index in [2.05, 4.69) is 0 Å². The summed E-state index contributed by atoms with van der Waals surface area (Å²) in [6.45, 7) is 4.22. The zero-order valence-electron chi connectivity index (χ0n) is 13.7. The number of benzene rings is 2. The molecule has 0 atom stereocenters. The number of carbonyl (C=O) groups is 2. The maximum atomic E-state index is 12.9. The first-order chi connectivity index (χ1) is 11.9. The summed E-state index contributed by atoms with van der Waals surface area (Å²) >= 11 is 12.2. The van der Waals surface area contributed by atoms with Crippen molar-refractivity contribution in [2.75, 3.05) is 11.5 Å². The van der Waals surface area contributed by atoms with Crippen molar-refractivity contribution >= 4 is 46.3 Å². The summed E-state index contributed by atoms with van der Waals surface area (Å²) in [6.07, 6.45) is 0. The number of amides is 2. The van der Waals surface area contributed by atoms with Gasteiger partial charge in [-0.1, -0.05) is 35.3 Å². The van der Waals surface area contributed by atoms with Crippen LogP contribution in [0.3, 0.4) is 0 Å². The summed E-state index contributed by atoms with van der Waals surface area (Å²) in [5.41, 5.74) is 1.94. The number of rotatable bonds is 4. The van der Waals surface area contributed by atoms with Gasteiger partial charge in [0.25, 0.3) is 11.8 Å². The van der Waals surface area contributed by atoms with Gasteiger partial charge in [0.2, 0.25) is 0 Å². The van der Waals surface area contributed by atoms with Gasteiger partial charge in [0.1, 0.15) is 10.8 Å². The Bertz CT molecular complexity index is 888. The molecule has 1 heterocycles. The molecule has 0 saturated carbocycles. The molecule has 2 aromatic rings. The van der Waals surface area contributed by atoms with Gasteiger partial charge in [0.15, 0.2) is 0 Å². The molecule has 1 aliphatic rings. The Kier molecular flexibility index (Phi) is 4.84. The van der Waals surface area contributed by atoms with Gasteiger partial charge in [0, 0.05) is 5.02 Å². The van der Waals surface area contributed by atoms with Crippen LogP contribution in [0.2, 0.25) is 5.02 Å². The van der Waals surface area contributed by atoms with Crippen LogP contribution in [0.4, 0.5) is 5.69 Å². The summed E-state index contributed by atoms with van der Waals surface area (Å²) < 4.78 is 5.39. The highest BCUT2D eigenvalue weighted by atomic mass is 35.5. The average molecular weight is 376 g/mol. The van der Waals surface area contributed by atoms with Crippen LogP contribution in [0.25, 0.3) is 5.57 Å². The smallest absolute Gasteiger partial charge is 0.277 e. The Labute approximate surface area is 155 Å². The van der Waals surface area contributed by atoms with Crippen LogP contribution in [0, 0.1) is 6.92 Å². The number of aryl methyl sites for hydroxylation is 1. The molecule has 2 aromatic carbocycles. The molecule has 25 heavy (non-hydrogen) atoms. The fourth-order valence-corrected chi connectivity index (χ4v) is 3.23. The lowest BCUT2D eigenvalue weighted by molar-refractivity contribution is -0.119. The zero-order chi connectivity index (χ0) is 18.1. The summed E-state index contributed by atoms with van der Waals surface area (Å²) in [5, 5.41) is 0.439. The van der Waals surface area contributed by atoms with Crippen LogP contribution in [-0.2, 0) is 9.59 Å². The molecule has 0 bridgehead atoms. The molecule has 1 aliphatic heterocycles. The normalized spacial score (nSPS) is 14.5. The Hall–Kier alpha value is -2.30. The predicted molar refractivity (Wildman–Crippen MR) is 99.1 cm³/mol. The zero-order valence-corrected chi connectivity index (χ0v) is 15.2. The maximum absolute atomic E-state index is 12.9. The van der Waals surface area contributed by atoms with Gasteiger partial charge in [-0.25, -0.2) is 4.90 Å². The lowest BCUT2D eigenvalue weighted by atomic mass is 10.1. The van der Waals surface area contributed by atoms with E-state index in [4.69, 9.17) is 27.9 Å². The monoisotopic (exact) mass is 375 g/mol. The highest BCUT2D eigenvalue weighted by molar-refractivity contribution is 6.60. The van der Waals surface area contributed by atoms with E-state index in [1.807, 2.05) is 6.92 Å². The lowest BCUT2D eigenvalue weighted by Crippen LogP contribution is -2.31. The van der Waals surface area contributed by atoms with Crippen LogP contribution < -0.4 is 9.64 Å². The molecule has 0 aromatic heterocycles. The van der Waals surface area contributed by atoms with Gasteiger partial charge < -0.3 is 4.74 Å². The quantitative estimate of drug-likeness (QED) is 0.735. The Morgan fingerprint density at radius 1 is 1.00 bits per heavy atom. The highest BCUT2D eigenvalue weighted by Gasteiger charge is 2.39. The average Bonchev–Trinajstić information content (AvgIpc) is 2.79. The molecule has 6 heteroatoms.